The number of ketones is 1. The summed E-state index contributed by atoms with van der Waals surface area (Å²) in [4.78, 5) is 17.4. The molecular weight excluding hydrogens is 242 g/mol. The van der Waals surface area contributed by atoms with E-state index in [9.17, 15) is 9.90 Å². The van der Waals surface area contributed by atoms with Crippen molar-refractivity contribution < 1.29 is 14.7 Å². The Bertz CT molecular complexity index is 558. The zero-order valence-electron chi connectivity index (χ0n) is 11.1. The zero-order chi connectivity index (χ0) is 13.8. The molecule has 4 nitrogen and oxygen atoms in total. The largest absolute Gasteiger partial charge is 0.506 e. The van der Waals surface area contributed by atoms with Crippen molar-refractivity contribution in [3.63, 3.8) is 0 Å². The number of Topliss-reactive ketones (excluding diaryl/α,β-unsaturated/α-hetero) is 1. The second-order valence-electron chi connectivity index (χ2n) is 4.30. The molecule has 100 valence electrons. The van der Waals surface area contributed by atoms with Gasteiger partial charge in [-0.25, -0.2) is 0 Å². The minimum Gasteiger partial charge on any atom is -0.506 e. The molecule has 0 bridgehead atoms. The molecule has 0 saturated heterocycles. The van der Waals surface area contributed by atoms with Crippen LogP contribution in [-0.2, 0) is 4.84 Å². The Hall–Kier alpha value is -2.10. The molecule has 1 aromatic rings. The lowest BCUT2D eigenvalue weighted by Crippen LogP contribution is -2.11. The fraction of sp³-hybridized carbons (Fsp3) is 0.333. The molecule has 0 aromatic heterocycles. The molecular formula is C15H17NO3. The third kappa shape index (κ3) is 2.38. The summed E-state index contributed by atoms with van der Waals surface area (Å²) >= 11 is 0. The Morgan fingerprint density at radius 2 is 1.95 bits per heavy atom. The van der Waals surface area contributed by atoms with E-state index in [-0.39, 0.29) is 17.1 Å². The van der Waals surface area contributed by atoms with Crippen LogP contribution in [0.2, 0.25) is 0 Å². The lowest BCUT2D eigenvalue weighted by atomic mass is 10.0. The number of allylic oxidation sites excluding steroid dienone is 1. The van der Waals surface area contributed by atoms with Gasteiger partial charge in [-0.2, -0.15) is 0 Å². The molecule has 2 rings (SSSR count). The van der Waals surface area contributed by atoms with Gasteiger partial charge in [-0.15, -0.1) is 0 Å². The fourth-order valence-corrected chi connectivity index (χ4v) is 2.13. The van der Waals surface area contributed by atoms with Gasteiger partial charge in [0.25, 0.3) is 0 Å². The maximum atomic E-state index is 12.3. The van der Waals surface area contributed by atoms with E-state index >= 15 is 0 Å². The van der Waals surface area contributed by atoms with E-state index in [1.54, 1.807) is 24.3 Å². The van der Waals surface area contributed by atoms with Crippen molar-refractivity contribution >= 4 is 17.3 Å². The molecule has 0 saturated carbocycles. The van der Waals surface area contributed by atoms with Crippen molar-refractivity contribution in [3.8, 4) is 0 Å². The van der Waals surface area contributed by atoms with E-state index in [0.717, 1.165) is 6.42 Å². The van der Waals surface area contributed by atoms with Crippen LogP contribution in [0, 0.1) is 0 Å². The number of hydrogen-bond donors (Lipinski definition) is 1. The van der Waals surface area contributed by atoms with Gasteiger partial charge < -0.3 is 9.94 Å². The van der Waals surface area contributed by atoms with Crippen molar-refractivity contribution in [3.05, 3.63) is 41.0 Å². The predicted octanol–water partition coefficient (Wildman–Crippen LogP) is 3.34. The quantitative estimate of drug-likeness (QED) is 0.651. The van der Waals surface area contributed by atoms with Crippen LogP contribution in [0.1, 0.15) is 42.6 Å². The van der Waals surface area contributed by atoms with Crippen LogP contribution in [0.5, 0.6) is 0 Å². The Morgan fingerprint density at radius 3 is 2.53 bits per heavy atom. The first-order valence-electron chi connectivity index (χ1n) is 6.47. The lowest BCUT2D eigenvalue weighted by molar-refractivity contribution is 0.104. The molecule has 0 heterocycles. The molecule has 4 heteroatoms. The maximum absolute atomic E-state index is 12.3. The van der Waals surface area contributed by atoms with Crippen molar-refractivity contribution in [1.29, 1.82) is 0 Å². The van der Waals surface area contributed by atoms with Gasteiger partial charge in [0.1, 0.15) is 12.4 Å². The Labute approximate surface area is 112 Å². The van der Waals surface area contributed by atoms with Crippen molar-refractivity contribution in [2.45, 2.75) is 26.7 Å². The molecule has 0 amide bonds. The summed E-state index contributed by atoms with van der Waals surface area (Å²) in [5.74, 6) is -0.174. The van der Waals surface area contributed by atoms with Crippen LogP contribution in [0.15, 0.2) is 35.0 Å². The van der Waals surface area contributed by atoms with Gasteiger partial charge in [0.15, 0.2) is 5.78 Å². The first-order chi connectivity index (χ1) is 9.20. The first kappa shape index (κ1) is 13.3. The van der Waals surface area contributed by atoms with Gasteiger partial charge in [0, 0.05) is 11.1 Å². The highest BCUT2D eigenvalue weighted by atomic mass is 16.6. The fourth-order valence-electron chi connectivity index (χ4n) is 2.13. The number of hydrogen-bond acceptors (Lipinski definition) is 4. The molecule has 0 atom stereocenters. The molecule has 0 aliphatic heterocycles. The number of oxime groups is 1. The van der Waals surface area contributed by atoms with Crippen LogP contribution < -0.4 is 0 Å². The number of carbonyl (C=O) groups is 1. The Balaban J connectivity index is 2.45. The predicted molar refractivity (Wildman–Crippen MR) is 74.3 cm³/mol. The lowest BCUT2D eigenvalue weighted by Gasteiger charge is -2.05. The summed E-state index contributed by atoms with van der Waals surface area (Å²) in [6, 6.07) is 7.03. The SMILES string of the molecule is CCC/C(=N\OCC)C1=C(O)c2ccccc2C1=O. The molecule has 0 spiro atoms. The minimum atomic E-state index is -0.181. The van der Waals surface area contributed by atoms with Gasteiger partial charge in [-0.1, -0.05) is 42.8 Å². The van der Waals surface area contributed by atoms with E-state index in [1.165, 1.54) is 0 Å². The molecule has 1 N–H and O–H groups in total. The van der Waals surface area contributed by atoms with E-state index in [0.29, 0.717) is 29.9 Å². The van der Waals surface area contributed by atoms with Gasteiger partial charge >= 0.3 is 0 Å². The van der Waals surface area contributed by atoms with E-state index < -0.39 is 0 Å². The van der Waals surface area contributed by atoms with Crippen LogP contribution in [0.4, 0.5) is 0 Å². The minimum absolute atomic E-state index is 0.00695. The Morgan fingerprint density at radius 1 is 1.26 bits per heavy atom. The highest BCUT2D eigenvalue weighted by Gasteiger charge is 2.32. The molecule has 19 heavy (non-hydrogen) atoms. The third-order valence-electron chi connectivity index (χ3n) is 2.97. The van der Waals surface area contributed by atoms with Crippen LogP contribution in [0.25, 0.3) is 5.76 Å². The van der Waals surface area contributed by atoms with E-state index in [4.69, 9.17) is 4.84 Å². The summed E-state index contributed by atoms with van der Waals surface area (Å²) in [6.45, 7) is 4.25. The third-order valence-corrected chi connectivity index (χ3v) is 2.97. The molecule has 0 radical (unpaired) electrons. The second-order valence-corrected chi connectivity index (χ2v) is 4.30. The van der Waals surface area contributed by atoms with Gasteiger partial charge in [-0.05, 0) is 13.3 Å². The summed E-state index contributed by atoms with van der Waals surface area (Å²) < 4.78 is 0. The molecule has 1 aliphatic rings. The first-order valence-corrected chi connectivity index (χ1v) is 6.47. The van der Waals surface area contributed by atoms with Gasteiger partial charge in [0.2, 0.25) is 0 Å². The second kappa shape index (κ2) is 5.69. The average Bonchev–Trinajstić information content (AvgIpc) is 2.68. The number of rotatable bonds is 5. The highest BCUT2D eigenvalue weighted by molar-refractivity contribution is 6.35. The van der Waals surface area contributed by atoms with E-state index in [1.807, 2.05) is 13.8 Å². The van der Waals surface area contributed by atoms with E-state index in [2.05, 4.69) is 5.16 Å². The van der Waals surface area contributed by atoms with Gasteiger partial charge in [-0.3, -0.25) is 4.79 Å². The molecule has 0 unspecified atom stereocenters. The molecule has 1 aromatic carbocycles. The van der Waals surface area contributed by atoms with Gasteiger partial charge in [0.05, 0.1) is 11.3 Å². The number of benzene rings is 1. The smallest absolute Gasteiger partial charge is 0.199 e. The summed E-state index contributed by atoms with van der Waals surface area (Å²) in [5.41, 5.74) is 1.89. The number of carbonyl (C=O) groups excluding carboxylic acids is 1. The summed E-state index contributed by atoms with van der Waals surface area (Å²) in [6.07, 6.45) is 1.42. The van der Waals surface area contributed by atoms with Crippen LogP contribution in [-0.4, -0.2) is 23.2 Å². The van der Waals surface area contributed by atoms with Crippen LogP contribution in [0.3, 0.4) is 0 Å². The van der Waals surface area contributed by atoms with Crippen molar-refractivity contribution in [2.75, 3.05) is 6.61 Å². The molecule has 1 aliphatic carbocycles. The van der Waals surface area contributed by atoms with Crippen molar-refractivity contribution in [1.82, 2.24) is 0 Å². The normalized spacial score (nSPS) is 14.8. The molecule has 0 fully saturated rings. The highest BCUT2D eigenvalue weighted by Crippen LogP contribution is 2.32. The monoisotopic (exact) mass is 259 g/mol. The number of nitrogens with zero attached hydrogens (tertiary/aromatic N) is 1. The Kier molecular flexibility index (Phi) is 4.00. The number of aliphatic hydroxyl groups is 1. The maximum Gasteiger partial charge on any atom is 0.199 e. The topological polar surface area (TPSA) is 58.9 Å². The van der Waals surface area contributed by atoms with Crippen molar-refractivity contribution in [2.24, 2.45) is 5.16 Å². The van der Waals surface area contributed by atoms with Crippen LogP contribution >= 0.6 is 0 Å². The number of fused-ring (bicyclic) bond motifs is 1. The summed E-state index contributed by atoms with van der Waals surface area (Å²) in [7, 11) is 0. The number of aliphatic hydroxyl groups excluding tert-OH is 1. The standard InChI is InChI=1S/C15H17NO3/c1-3-7-12(16-19-4-2)13-14(17)10-8-5-6-9-11(10)15(13)18/h5-6,8-9,17H,3-4,7H2,1-2H3/b16-12+. The average molecular weight is 259 g/mol. The summed E-state index contributed by atoms with van der Waals surface area (Å²) in [5, 5.41) is 14.2. The zero-order valence-corrected chi connectivity index (χ0v) is 11.1.